The lowest BCUT2D eigenvalue weighted by Gasteiger charge is -2.32. The van der Waals surface area contributed by atoms with Crippen LogP contribution < -0.4 is 15.6 Å². The second-order valence-electron chi connectivity index (χ2n) is 9.71. The molecule has 2 N–H and O–H groups in total. The van der Waals surface area contributed by atoms with Gasteiger partial charge in [-0.15, -0.1) is 0 Å². The molecule has 11 heteroatoms. The van der Waals surface area contributed by atoms with Crippen LogP contribution in [0.4, 0.5) is 11.6 Å². The highest BCUT2D eigenvalue weighted by molar-refractivity contribution is 7.92. The lowest BCUT2D eigenvalue weighted by Crippen LogP contribution is -2.36. The molecule has 1 aliphatic carbocycles. The summed E-state index contributed by atoms with van der Waals surface area (Å²) in [6.07, 6.45) is 7.73. The molecule has 0 amide bonds. The monoisotopic (exact) mass is 552 g/mol. The SMILES string of the molecule is CN(C)[C@H]1CC[C@H](Nc2ncc3cc(-n4ccc(NS(=O)(=O)c5ccccc5Cl)cc4=O)ccc3n2)CC1. The molecule has 2 heterocycles. The van der Waals surface area contributed by atoms with Gasteiger partial charge in [0.05, 0.1) is 16.2 Å². The van der Waals surface area contributed by atoms with Crippen molar-refractivity contribution in [3.8, 4) is 5.69 Å². The highest BCUT2D eigenvalue weighted by Crippen LogP contribution is 2.25. The third kappa shape index (κ3) is 5.67. The molecular formula is C27H29ClN6O3S. The van der Waals surface area contributed by atoms with Crippen LogP contribution in [0, 0.1) is 0 Å². The molecule has 4 aromatic rings. The maximum atomic E-state index is 12.9. The first-order valence-corrected chi connectivity index (χ1v) is 14.3. The number of hydrogen-bond donors (Lipinski definition) is 2. The zero-order valence-electron chi connectivity index (χ0n) is 21.1. The predicted octanol–water partition coefficient (Wildman–Crippen LogP) is 4.52. The van der Waals surface area contributed by atoms with E-state index in [1.54, 1.807) is 24.4 Å². The van der Waals surface area contributed by atoms with E-state index in [0.29, 0.717) is 23.7 Å². The minimum absolute atomic E-state index is 0.0597. The average Bonchev–Trinajstić information content (AvgIpc) is 2.89. The van der Waals surface area contributed by atoms with Gasteiger partial charge in [0.1, 0.15) is 4.90 Å². The van der Waals surface area contributed by atoms with Crippen molar-refractivity contribution in [3.05, 3.63) is 82.4 Å². The maximum Gasteiger partial charge on any atom is 0.263 e. The number of nitrogens with zero attached hydrogens (tertiary/aromatic N) is 4. The van der Waals surface area contributed by atoms with Gasteiger partial charge in [0.25, 0.3) is 15.6 Å². The van der Waals surface area contributed by atoms with Crippen molar-refractivity contribution < 1.29 is 8.42 Å². The summed E-state index contributed by atoms with van der Waals surface area (Å²) >= 11 is 6.03. The summed E-state index contributed by atoms with van der Waals surface area (Å²) in [5, 5.41) is 4.36. The van der Waals surface area contributed by atoms with Gasteiger partial charge in [-0.2, -0.15) is 0 Å². The number of fused-ring (bicyclic) bond motifs is 1. The molecule has 2 aromatic heterocycles. The van der Waals surface area contributed by atoms with Crippen molar-refractivity contribution >= 4 is 44.2 Å². The van der Waals surface area contributed by atoms with Gasteiger partial charge in [-0.25, -0.2) is 18.4 Å². The van der Waals surface area contributed by atoms with Crippen LogP contribution in [0.15, 0.2) is 76.7 Å². The Kier molecular flexibility index (Phi) is 7.38. The zero-order chi connectivity index (χ0) is 26.9. The van der Waals surface area contributed by atoms with Crippen LogP contribution in [0.1, 0.15) is 25.7 Å². The predicted molar refractivity (Wildman–Crippen MR) is 151 cm³/mol. The van der Waals surface area contributed by atoms with Crippen LogP contribution >= 0.6 is 11.6 Å². The number of pyridine rings is 1. The first-order chi connectivity index (χ1) is 18.2. The molecule has 0 bridgehead atoms. The van der Waals surface area contributed by atoms with E-state index >= 15 is 0 Å². The van der Waals surface area contributed by atoms with Crippen molar-refractivity contribution in [3.63, 3.8) is 0 Å². The van der Waals surface area contributed by atoms with Gasteiger partial charge in [-0.3, -0.25) is 14.1 Å². The third-order valence-corrected chi connectivity index (χ3v) is 8.78. The molecule has 0 unspecified atom stereocenters. The Hall–Kier alpha value is -3.47. The van der Waals surface area contributed by atoms with Crippen molar-refractivity contribution in [1.29, 1.82) is 0 Å². The van der Waals surface area contributed by atoms with E-state index in [9.17, 15) is 13.2 Å². The van der Waals surface area contributed by atoms with Crippen LogP contribution in [-0.4, -0.2) is 54.0 Å². The summed E-state index contributed by atoms with van der Waals surface area (Å²) in [7, 11) is 0.317. The lowest BCUT2D eigenvalue weighted by molar-refractivity contribution is 0.221. The summed E-state index contributed by atoms with van der Waals surface area (Å²) in [6.45, 7) is 0. The smallest absolute Gasteiger partial charge is 0.263 e. The number of hydrogen-bond acceptors (Lipinski definition) is 7. The fraction of sp³-hybridized carbons (Fsp3) is 0.296. The quantitative estimate of drug-likeness (QED) is 0.347. The van der Waals surface area contributed by atoms with Gasteiger partial charge in [0.15, 0.2) is 0 Å². The molecule has 0 atom stereocenters. The van der Waals surface area contributed by atoms with E-state index in [2.05, 4.69) is 39.0 Å². The Morgan fingerprint density at radius 2 is 1.79 bits per heavy atom. The average molecular weight is 553 g/mol. The number of rotatable bonds is 7. The molecule has 1 saturated carbocycles. The van der Waals surface area contributed by atoms with Gasteiger partial charge in [0, 0.05) is 41.6 Å². The number of aromatic nitrogens is 3. The Bertz CT molecular complexity index is 1630. The Balaban J connectivity index is 1.31. The van der Waals surface area contributed by atoms with E-state index < -0.39 is 15.6 Å². The first kappa shape index (κ1) is 26.1. The molecule has 2 aromatic carbocycles. The Morgan fingerprint density at radius 3 is 2.50 bits per heavy atom. The van der Waals surface area contributed by atoms with Crippen molar-refractivity contribution in [2.75, 3.05) is 24.1 Å². The van der Waals surface area contributed by atoms with Gasteiger partial charge in [-0.05, 0) is 76.2 Å². The standard InChI is InChI=1S/C27H29ClN6O3S/c1-33(2)21-9-7-19(8-10-21)30-27-29-17-18-15-22(11-12-24(18)31-27)34-14-13-20(16-26(34)35)32-38(36,37)25-6-4-3-5-23(25)28/h3-6,11-17,19,21,32H,7-10H2,1-2H3,(H,29,30,31)/t19-,21-. The minimum atomic E-state index is -3.94. The molecule has 0 saturated heterocycles. The molecule has 0 radical (unpaired) electrons. The maximum absolute atomic E-state index is 12.9. The summed E-state index contributed by atoms with van der Waals surface area (Å²) in [5.74, 6) is 0.603. The van der Waals surface area contributed by atoms with Gasteiger partial charge in [-0.1, -0.05) is 23.7 Å². The second kappa shape index (κ2) is 10.7. The summed E-state index contributed by atoms with van der Waals surface area (Å²) in [6, 6.07) is 15.3. The Morgan fingerprint density at radius 1 is 1.03 bits per heavy atom. The highest BCUT2D eigenvalue weighted by Gasteiger charge is 2.23. The summed E-state index contributed by atoms with van der Waals surface area (Å²) in [4.78, 5) is 24.3. The van der Waals surface area contributed by atoms with E-state index in [0.717, 1.165) is 36.6 Å². The van der Waals surface area contributed by atoms with Crippen LogP contribution in [-0.2, 0) is 10.0 Å². The minimum Gasteiger partial charge on any atom is -0.351 e. The number of sulfonamides is 1. The molecule has 38 heavy (non-hydrogen) atoms. The van der Waals surface area contributed by atoms with Crippen LogP contribution in [0.25, 0.3) is 16.6 Å². The molecule has 1 fully saturated rings. The summed E-state index contributed by atoms with van der Waals surface area (Å²) in [5.41, 5.74) is 1.14. The topological polar surface area (TPSA) is 109 Å². The molecule has 0 spiro atoms. The van der Waals surface area contributed by atoms with Crippen molar-refractivity contribution in [1.82, 2.24) is 19.4 Å². The Labute approximate surface area is 226 Å². The zero-order valence-corrected chi connectivity index (χ0v) is 22.7. The molecule has 9 nitrogen and oxygen atoms in total. The lowest BCUT2D eigenvalue weighted by atomic mass is 9.91. The van der Waals surface area contributed by atoms with Crippen LogP contribution in [0.5, 0.6) is 0 Å². The molecule has 198 valence electrons. The van der Waals surface area contributed by atoms with Crippen molar-refractivity contribution in [2.24, 2.45) is 0 Å². The van der Waals surface area contributed by atoms with E-state index in [1.807, 2.05) is 12.1 Å². The van der Waals surface area contributed by atoms with E-state index in [-0.39, 0.29) is 15.6 Å². The fourth-order valence-electron chi connectivity index (χ4n) is 4.79. The normalized spacial score (nSPS) is 18.0. The number of nitrogens with one attached hydrogen (secondary N) is 2. The molecular weight excluding hydrogens is 524 g/mol. The van der Waals surface area contributed by atoms with Crippen molar-refractivity contribution in [2.45, 2.75) is 42.7 Å². The molecule has 0 aliphatic heterocycles. The second-order valence-corrected chi connectivity index (χ2v) is 11.8. The summed E-state index contributed by atoms with van der Waals surface area (Å²) < 4.78 is 29.3. The van der Waals surface area contributed by atoms with Gasteiger partial charge >= 0.3 is 0 Å². The van der Waals surface area contributed by atoms with E-state index in [1.165, 1.54) is 35.0 Å². The third-order valence-electron chi connectivity index (χ3n) is 6.90. The number of halogens is 1. The molecule has 5 rings (SSSR count). The van der Waals surface area contributed by atoms with Crippen LogP contribution in [0.3, 0.4) is 0 Å². The largest absolute Gasteiger partial charge is 0.351 e. The van der Waals surface area contributed by atoms with Crippen LogP contribution in [0.2, 0.25) is 5.02 Å². The van der Waals surface area contributed by atoms with E-state index in [4.69, 9.17) is 11.6 Å². The molecule has 1 aliphatic rings. The number of anilines is 2. The van der Waals surface area contributed by atoms with Gasteiger partial charge in [0.2, 0.25) is 5.95 Å². The highest BCUT2D eigenvalue weighted by atomic mass is 35.5. The fourth-order valence-corrected chi connectivity index (χ4v) is 6.36. The number of benzene rings is 2. The first-order valence-electron chi connectivity index (χ1n) is 12.4. The van der Waals surface area contributed by atoms with Gasteiger partial charge < -0.3 is 10.2 Å².